The van der Waals surface area contributed by atoms with Crippen LogP contribution in [0.5, 0.6) is 0 Å². The van der Waals surface area contributed by atoms with Gasteiger partial charge in [-0.3, -0.25) is 9.48 Å². The van der Waals surface area contributed by atoms with Crippen LogP contribution in [0.4, 0.5) is 5.82 Å². The number of aromatic nitrogens is 3. The van der Waals surface area contributed by atoms with E-state index in [4.69, 9.17) is 0 Å². The SMILES string of the molecule is CCCc1c(C(=O)Nc2cccc(C)n2)nn(C)c1-c1ccccc1. The number of aryl methyl sites for hydroxylation is 2. The van der Waals surface area contributed by atoms with Crippen LogP contribution < -0.4 is 5.32 Å². The van der Waals surface area contributed by atoms with Crippen molar-refractivity contribution in [2.24, 2.45) is 7.05 Å². The first kappa shape index (κ1) is 16.9. The van der Waals surface area contributed by atoms with E-state index in [0.29, 0.717) is 11.5 Å². The van der Waals surface area contributed by atoms with Gasteiger partial charge in [0.05, 0.1) is 5.69 Å². The molecule has 25 heavy (non-hydrogen) atoms. The van der Waals surface area contributed by atoms with Crippen molar-refractivity contribution in [2.45, 2.75) is 26.7 Å². The predicted octanol–water partition coefficient (Wildman–Crippen LogP) is 4.00. The largest absolute Gasteiger partial charge is 0.305 e. The van der Waals surface area contributed by atoms with Crippen LogP contribution in [-0.2, 0) is 13.5 Å². The molecule has 1 N–H and O–H groups in total. The van der Waals surface area contributed by atoms with E-state index < -0.39 is 0 Å². The lowest BCUT2D eigenvalue weighted by Gasteiger charge is -2.07. The second-order valence-electron chi connectivity index (χ2n) is 6.03. The van der Waals surface area contributed by atoms with Gasteiger partial charge in [0, 0.05) is 23.9 Å². The minimum atomic E-state index is -0.223. The van der Waals surface area contributed by atoms with Crippen LogP contribution in [0.2, 0.25) is 0 Å². The summed E-state index contributed by atoms with van der Waals surface area (Å²) in [6.45, 7) is 4.00. The maximum absolute atomic E-state index is 12.8. The average molecular weight is 334 g/mol. The monoisotopic (exact) mass is 334 g/mol. The van der Waals surface area contributed by atoms with Gasteiger partial charge in [0.1, 0.15) is 5.82 Å². The van der Waals surface area contributed by atoms with Crippen LogP contribution in [-0.4, -0.2) is 20.7 Å². The summed E-state index contributed by atoms with van der Waals surface area (Å²) in [7, 11) is 1.88. The number of benzene rings is 1. The number of hydrogen-bond donors (Lipinski definition) is 1. The lowest BCUT2D eigenvalue weighted by molar-refractivity contribution is 0.102. The number of carbonyl (C=O) groups is 1. The Morgan fingerprint density at radius 1 is 1.12 bits per heavy atom. The van der Waals surface area contributed by atoms with E-state index in [-0.39, 0.29) is 5.91 Å². The molecule has 0 atom stereocenters. The molecule has 5 nitrogen and oxygen atoms in total. The minimum Gasteiger partial charge on any atom is -0.305 e. The Hall–Kier alpha value is -2.95. The van der Waals surface area contributed by atoms with Crippen molar-refractivity contribution >= 4 is 11.7 Å². The van der Waals surface area contributed by atoms with E-state index in [1.54, 1.807) is 10.7 Å². The summed E-state index contributed by atoms with van der Waals surface area (Å²) < 4.78 is 1.79. The first-order valence-electron chi connectivity index (χ1n) is 8.46. The minimum absolute atomic E-state index is 0.223. The fourth-order valence-electron chi connectivity index (χ4n) is 2.98. The normalized spacial score (nSPS) is 10.7. The third kappa shape index (κ3) is 3.60. The molecule has 1 aromatic carbocycles. The van der Waals surface area contributed by atoms with Crippen molar-refractivity contribution in [3.8, 4) is 11.3 Å². The molecule has 3 aromatic rings. The molecule has 0 bridgehead atoms. The highest BCUT2D eigenvalue weighted by Gasteiger charge is 2.22. The topological polar surface area (TPSA) is 59.8 Å². The zero-order chi connectivity index (χ0) is 17.8. The first-order valence-corrected chi connectivity index (χ1v) is 8.46. The molecule has 0 aliphatic rings. The summed E-state index contributed by atoms with van der Waals surface area (Å²) in [6.07, 6.45) is 1.73. The molecule has 3 rings (SSSR count). The Morgan fingerprint density at radius 2 is 1.88 bits per heavy atom. The Bertz CT molecular complexity index is 884. The fourth-order valence-corrected chi connectivity index (χ4v) is 2.98. The molecule has 0 fully saturated rings. The van der Waals surface area contributed by atoms with Crippen molar-refractivity contribution < 1.29 is 4.79 Å². The molecule has 0 spiro atoms. The van der Waals surface area contributed by atoms with Gasteiger partial charge in [-0.15, -0.1) is 0 Å². The second-order valence-corrected chi connectivity index (χ2v) is 6.03. The maximum atomic E-state index is 12.8. The van der Waals surface area contributed by atoms with Crippen LogP contribution in [0.1, 0.15) is 35.1 Å². The molecule has 0 aliphatic heterocycles. The van der Waals surface area contributed by atoms with Crippen molar-refractivity contribution in [2.75, 3.05) is 5.32 Å². The zero-order valence-electron chi connectivity index (χ0n) is 14.8. The highest BCUT2D eigenvalue weighted by atomic mass is 16.2. The lowest BCUT2D eigenvalue weighted by Crippen LogP contribution is -2.16. The summed E-state index contributed by atoms with van der Waals surface area (Å²) in [6, 6.07) is 15.6. The molecule has 0 unspecified atom stereocenters. The third-order valence-corrected chi connectivity index (χ3v) is 4.04. The molecule has 2 heterocycles. The smallest absolute Gasteiger partial charge is 0.277 e. The van der Waals surface area contributed by atoms with E-state index in [1.165, 1.54) is 0 Å². The van der Waals surface area contributed by atoms with E-state index in [0.717, 1.165) is 35.4 Å². The summed E-state index contributed by atoms with van der Waals surface area (Å²) in [5, 5.41) is 7.36. The molecule has 0 saturated carbocycles. The first-order chi connectivity index (χ1) is 12.1. The fraction of sp³-hybridized carbons (Fsp3) is 0.250. The van der Waals surface area contributed by atoms with Gasteiger partial charge in [0.15, 0.2) is 5.69 Å². The number of nitrogens with one attached hydrogen (secondary N) is 1. The van der Waals surface area contributed by atoms with E-state index in [1.807, 2.05) is 56.4 Å². The van der Waals surface area contributed by atoms with E-state index in [2.05, 4.69) is 22.3 Å². The maximum Gasteiger partial charge on any atom is 0.277 e. The lowest BCUT2D eigenvalue weighted by atomic mass is 10.0. The number of nitrogens with zero attached hydrogens (tertiary/aromatic N) is 3. The van der Waals surface area contributed by atoms with Crippen molar-refractivity contribution in [3.63, 3.8) is 0 Å². The van der Waals surface area contributed by atoms with Gasteiger partial charge in [0.2, 0.25) is 0 Å². The molecule has 128 valence electrons. The summed E-state index contributed by atoms with van der Waals surface area (Å²) in [5.41, 5.74) is 4.35. The van der Waals surface area contributed by atoms with Gasteiger partial charge in [-0.05, 0) is 25.5 Å². The standard InChI is InChI=1S/C20H22N4O/c1-4-9-16-18(20(25)22-17-13-8-10-14(2)21-17)23-24(3)19(16)15-11-6-5-7-12-15/h5-8,10-13H,4,9H2,1-3H3,(H,21,22,25). The molecule has 2 aromatic heterocycles. The summed E-state index contributed by atoms with van der Waals surface area (Å²) in [4.78, 5) is 17.1. The number of rotatable bonds is 5. The number of carbonyl (C=O) groups excluding carboxylic acids is 1. The molecular weight excluding hydrogens is 312 g/mol. The van der Waals surface area contributed by atoms with Gasteiger partial charge in [-0.1, -0.05) is 49.7 Å². The summed E-state index contributed by atoms with van der Waals surface area (Å²) in [5.74, 6) is 0.318. The van der Waals surface area contributed by atoms with Crippen LogP contribution in [0.25, 0.3) is 11.3 Å². The number of amides is 1. The van der Waals surface area contributed by atoms with Gasteiger partial charge in [0.25, 0.3) is 5.91 Å². The quantitative estimate of drug-likeness (QED) is 0.767. The highest BCUT2D eigenvalue weighted by Crippen LogP contribution is 2.27. The third-order valence-electron chi connectivity index (χ3n) is 4.04. The molecule has 0 radical (unpaired) electrons. The molecule has 0 saturated heterocycles. The van der Waals surface area contributed by atoms with Crippen LogP contribution in [0.15, 0.2) is 48.5 Å². The number of anilines is 1. The highest BCUT2D eigenvalue weighted by molar-refractivity contribution is 6.04. The van der Waals surface area contributed by atoms with Gasteiger partial charge < -0.3 is 5.32 Å². The Balaban J connectivity index is 2.00. The van der Waals surface area contributed by atoms with Crippen molar-refractivity contribution in [3.05, 3.63) is 65.5 Å². The number of pyridine rings is 1. The molecule has 1 amide bonds. The van der Waals surface area contributed by atoms with Crippen LogP contribution >= 0.6 is 0 Å². The van der Waals surface area contributed by atoms with Crippen LogP contribution in [0.3, 0.4) is 0 Å². The average Bonchev–Trinajstić information content (AvgIpc) is 2.92. The molecule has 5 heteroatoms. The zero-order valence-corrected chi connectivity index (χ0v) is 14.8. The van der Waals surface area contributed by atoms with Crippen molar-refractivity contribution in [1.29, 1.82) is 0 Å². The van der Waals surface area contributed by atoms with Crippen molar-refractivity contribution in [1.82, 2.24) is 14.8 Å². The Morgan fingerprint density at radius 3 is 2.56 bits per heavy atom. The Labute approximate surface area is 147 Å². The van der Waals surface area contributed by atoms with E-state index in [9.17, 15) is 4.79 Å². The van der Waals surface area contributed by atoms with E-state index >= 15 is 0 Å². The van der Waals surface area contributed by atoms with Crippen LogP contribution in [0, 0.1) is 6.92 Å². The Kier molecular flexibility index (Phi) is 4.93. The predicted molar refractivity (Wildman–Crippen MR) is 99.6 cm³/mol. The number of hydrogen-bond acceptors (Lipinski definition) is 3. The summed E-state index contributed by atoms with van der Waals surface area (Å²) >= 11 is 0. The van der Waals surface area contributed by atoms with Gasteiger partial charge in [-0.25, -0.2) is 4.98 Å². The van der Waals surface area contributed by atoms with Gasteiger partial charge >= 0.3 is 0 Å². The molecular formula is C20H22N4O. The second kappa shape index (κ2) is 7.30. The molecule has 0 aliphatic carbocycles. The van der Waals surface area contributed by atoms with Gasteiger partial charge in [-0.2, -0.15) is 5.10 Å².